The van der Waals surface area contributed by atoms with Crippen molar-refractivity contribution >= 4 is 5.71 Å². The molecule has 0 spiro atoms. The number of rotatable bonds is 3. The number of nitrogens with zero attached hydrogens (tertiary/aromatic N) is 1. The first-order valence-corrected chi connectivity index (χ1v) is 5.55. The van der Waals surface area contributed by atoms with Crippen LogP contribution in [0.2, 0.25) is 0 Å². The summed E-state index contributed by atoms with van der Waals surface area (Å²) in [6, 6.07) is 0.239. The molecule has 0 unspecified atom stereocenters. The van der Waals surface area contributed by atoms with Gasteiger partial charge < -0.3 is 11.5 Å². The molecule has 0 saturated heterocycles. The van der Waals surface area contributed by atoms with Crippen LogP contribution in [0.3, 0.4) is 0 Å². The van der Waals surface area contributed by atoms with Crippen molar-refractivity contribution in [2.75, 3.05) is 0 Å². The molecule has 0 heterocycles. The maximum Gasteiger partial charge on any atom is 0.332 e. The summed E-state index contributed by atoms with van der Waals surface area (Å²) >= 11 is 0. The second kappa shape index (κ2) is 5.94. The number of hydrogen-bond acceptors (Lipinski definition) is 3. The SMILES string of the molecule is CC(=N\C(F)F)/C(=C\N)C1CCC(N)CC1. The minimum absolute atomic E-state index is 0.229. The number of allylic oxidation sites excluding steroid dienone is 1. The second-order valence-electron chi connectivity index (χ2n) is 4.23. The van der Waals surface area contributed by atoms with Gasteiger partial charge in [-0.2, -0.15) is 8.78 Å². The fourth-order valence-corrected chi connectivity index (χ4v) is 2.20. The molecule has 92 valence electrons. The van der Waals surface area contributed by atoms with Gasteiger partial charge in [-0.25, -0.2) is 4.99 Å². The predicted molar refractivity (Wildman–Crippen MR) is 61.3 cm³/mol. The standard InChI is InChI=1S/C11H19F2N3/c1-7(16-11(12)13)10(6-14)8-2-4-9(15)5-3-8/h6,8-9,11H,2-5,14-15H2,1H3/b10-6+,16-7+. The third kappa shape index (κ3) is 3.56. The van der Waals surface area contributed by atoms with Crippen LogP contribution < -0.4 is 11.5 Å². The van der Waals surface area contributed by atoms with Gasteiger partial charge in [-0.05, 0) is 50.3 Å². The summed E-state index contributed by atoms with van der Waals surface area (Å²) in [7, 11) is 0. The topological polar surface area (TPSA) is 64.4 Å². The molecule has 1 aliphatic carbocycles. The molecule has 0 aliphatic heterocycles. The van der Waals surface area contributed by atoms with Crippen molar-refractivity contribution in [2.45, 2.75) is 45.2 Å². The van der Waals surface area contributed by atoms with Crippen molar-refractivity contribution in [3.63, 3.8) is 0 Å². The van der Waals surface area contributed by atoms with Gasteiger partial charge in [-0.15, -0.1) is 0 Å². The quantitative estimate of drug-likeness (QED) is 0.576. The van der Waals surface area contributed by atoms with Gasteiger partial charge in [0.05, 0.1) is 0 Å². The van der Waals surface area contributed by atoms with Crippen LogP contribution in [-0.2, 0) is 0 Å². The molecule has 0 atom stereocenters. The molecule has 4 N–H and O–H groups in total. The smallest absolute Gasteiger partial charge is 0.332 e. The van der Waals surface area contributed by atoms with E-state index in [0.717, 1.165) is 31.3 Å². The Morgan fingerprint density at radius 3 is 2.31 bits per heavy atom. The van der Waals surface area contributed by atoms with Gasteiger partial charge in [0.15, 0.2) is 0 Å². The molecule has 1 aliphatic rings. The predicted octanol–water partition coefficient (Wildman–Crippen LogP) is 2.03. The molecule has 0 aromatic carbocycles. The van der Waals surface area contributed by atoms with Gasteiger partial charge in [0, 0.05) is 11.8 Å². The van der Waals surface area contributed by atoms with E-state index in [1.807, 2.05) is 0 Å². The molecule has 0 aromatic heterocycles. The summed E-state index contributed by atoms with van der Waals surface area (Å²) in [5.74, 6) is 0.229. The molecule has 1 saturated carbocycles. The number of halogens is 2. The molecule has 1 fully saturated rings. The second-order valence-corrected chi connectivity index (χ2v) is 4.23. The molecule has 0 radical (unpaired) electrons. The van der Waals surface area contributed by atoms with Crippen LogP contribution in [0, 0.1) is 5.92 Å². The fourth-order valence-electron chi connectivity index (χ4n) is 2.20. The van der Waals surface area contributed by atoms with Crippen LogP contribution in [0.1, 0.15) is 32.6 Å². The first-order valence-electron chi connectivity index (χ1n) is 5.55. The number of nitrogens with two attached hydrogens (primary N) is 2. The van der Waals surface area contributed by atoms with Crippen LogP contribution in [0.25, 0.3) is 0 Å². The van der Waals surface area contributed by atoms with E-state index in [1.54, 1.807) is 6.92 Å². The minimum Gasteiger partial charge on any atom is -0.404 e. The van der Waals surface area contributed by atoms with E-state index in [9.17, 15) is 8.78 Å². The van der Waals surface area contributed by atoms with Gasteiger partial charge in [0.1, 0.15) is 0 Å². The highest BCUT2D eigenvalue weighted by Crippen LogP contribution is 2.29. The van der Waals surface area contributed by atoms with Gasteiger partial charge in [-0.3, -0.25) is 0 Å². The number of hydrogen-bond donors (Lipinski definition) is 2. The van der Waals surface area contributed by atoms with Crippen LogP contribution in [0.15, 0.2) is 16.8 Å². The zero-order valence-electron chi connectivity index (χ0n) is 9.50. The van der Waals surface area contributed by atoms with E-state index >= 15 is 0 Å². The number of alkyl halides is 2. The summed E-state index contributed by atoms with van der Waals surface area (Å²) < 4.78 is 24.3. The zero-order valence-corrected chi connectivity index (χ0v) is 9.50. The normalized spacial score (nSPS) is 28.6. The van der Waals surface area contributed by atoms with Crippen molar-refractivity contribution in [1.82, 2.24) is 0 Å². The molecule has 0 aromatic rings. The first kappa shape index (κ1) is 13.1. The lowest BCUT2D eigenvalue weighted by Crippen LogP contribution is -2.28. The van der Waals surface area contributed by atoms with Crippen LogP contribution in [-0.4, -0.2) is 18.3 Å². The van der Waals surface area contributed by atoms with Crippen molar-refractivity contribution in [2.24, 2.45) is 22.4 Å². The summed E-state index contributed by atoms with van der Waals surface area (Å²) in [5.41, 5.74) is 12.4. The lowest BCUT2D eigenvalue weighted by Gasteiger charge is -2.27. The van der Waals surface area contributed by atoms with E-state index in [0.29, 0.717) is 5.71 Å². The van der Waals surface area contributed by atoms with E-state index < -0.39 is 6.55 Å². The van der Waals surface area contributed by atoms with Crippen LogP contribution in [0.5, 0.6) is 0 Å². The van der Waals surface area contributed by atoms with Crippen molar-refractivity contribution < 1.29 is 8.78 Å². The molecular formula is C11H19F2N3. The van der Waals surface area contributed by atoms with Gasteiger partial charge in [0.2, 0.25) is 0 Å². The third-order valence-corrected chi connectivity index (χ3v) is 3.10. The van der Waals surface area contributed by atoms with E-state index in [1.165, 1.54) is 6.20 Å². The van der Waals surface area contributed by atoms with Crippen molar-refractivity contribution in [1.29, 1.82) is 0 Å². The van der Waals surface area contributed by atoms with Crippen molar-refractivity contribution in [3.05, 3.63) is 11.8 Å². The Balaban J connectivity index is 2.69. The van der Waals surface area contributed by atoms with Crippen LogP contribution in [0.4, 0.5) is 8.78 Å². The largest absolute Gasteiger partial charge is 0.404 e. The molecule has 3 nitrogen and oxygen atoms in total. The molecular weight excluding hydrogens is 212 g/mol. The Bertz CT molecular complexity index is 279. The van der Waals surface area contributed by atoms with Crippen LogP contribution >= 0.6 is 0 Å². The summed E-state index contributed by atoms with van der Waals surface area (Å²) in [6.45, 7) is -1.08. The Morgan fingerprint density at radius 2 is 1.88 bits per heavy atom. The summed E-state index contributed by atoms with van der Waals surface area (Å²) in [5, 5.41) is 0. The van der Waals surface area contributed by atoms with Gasteiger partial charge >= 0.3 is 6.55 Å². The summed E-state index contributed by atoms with van der Waals surface area (Å²) in [6.07, 6.45) is 5.05. The average Bonchev–Trinajstić information content (AvgIpc) is 2.21. The van der Waals surface area contributed by atoms with Crippen molar-refractivity contribution in [3.8, 4) is 0 Å². The van der Waals surface area contributed by atoms with E-state index in [-0.39, 0.29) is 12.0 Å². The Labute approximate surface area is 94.6 Å². The Hall–Kier alpha value is -0.970. The van der Waals surface area contributed by atoms with E-state index in [4.69, 9.17) is 11.5 Å². The Kier molecular flexibility index (Phi) is 4.86. The lowest BCUT2D eigenvalue weighted by molar-refractivity contribution is 0.160. The highest BCUT2D eigenvalue weighted by Gasteiger charge is 2.23. The fraction of sp³-hybridized carbons (Fsp3) is 0.727. The molecule has 0 bridgehead atoms. The average molecular weight is 231 g/mol. The minimum atomic E-state index is -2.67. The number of aliphatic imine (C=N–C) groups is 1. The lowest BCUT2D eigenvalue weighted by atomic mass is 9.80. The maximum atomic E-state index is 12.1. The summed E-state index contributed by atoms with van der Waals surface area (Å²) in [4.78, 5) is 3.25. The molecule has 1 rings (SSSR count). The highest BCUT2D eigenvalue weighted by atomic mass is 19.3. The van der Waals surface area contributed by atoms with E-state index in [2.05, 4.69) is 4.99 Å². The first-order chi connectivity index (χ1) is 7.54. The Morgan fingerprint density at radius 1 is 1.31 bits per heavy atom. The molecule has 16 heavy (non-hydrogen) atoms. The zero-order chi connectivity index (χ0) is 12.1. The molecule has 0 amide bonds. The highest BCUT2D eigenvalue weighted by molar-refractivity contribution is 5.98. The maximum absolute atomic E-state index is 12.1. The molecule has 5 heteroatoms. The van der Waals surface area contributed by atoms with Gasteiger partial charge in [-0.1, -0.05) is 0 Å². The monoisotopic (exact) mass is 231 g/mol. The third-order valence-electron chi connectivity index (χ3n) is 3.10. The van der Waals surface area contributed by atoms with Gasteiger partial charge in [0.25, 0.3) is 0 Å².